The van der Waals surface area contributed by atoms with E-state index in [1.54, 1.807) is 6.08 Å². The van der Waals surface area contributed by atoms with Crippen LogP contribution in [-0.2, 0) is 0 Å². The molecule has 1 aromatic carbocycles. The molecule has 0 amide bonds. The van der Waals surface area contributed by atoms with Gasteiger partial charge in [0.25, 0.3) is 0 Å². The lowest BCUT2D eigenvalue weighted by Crippen LogP contribution is -2.07. The second-order valence-corrected chi connectivity index (χ2v) is 3.93. The van der Waals surface area contributed by atoms with E-state index >= 15 is 0 Å². The fourth-order valence-electron chi connectivity index (χ4n) is 1.78. The third-order valence-electron chi connectivity index (χ3n) is 2.65. The first-order valence-electron chi connectivity index (χ1n) is 5.48. The van der Waals surface area contributed by atoms with Crippen molar-refractivity contribution in [2.24, 2.45) is 5.11 Å². The minimum absolute atomic E-state index is 0.0118. The van der Waals surface area contributed by atoms with Crippen molar-refractivity contribution < 1.29 is 0 Å². The average Bonchev–Trinajstić information content (AvgIpc) is 2.31. The monoisotopic (exact) mass is 215 g/mol. The number of azide groups is 1. The first kappa shape index (κ1) is 12.3. The van der Waals surface area contributed by atoms with E-state index < -0.39 is 0 Å². The zero-order valence-corrected chi connectivity index (χ0v) is 9.58. The Labute approximate surface area is 96.4 Å². The van der Waals surface area contributed by atoms with Crippen molar-refractivity contribution >= 4 is 0 Å². The van der Waals surface area contributed by atoms with Crippen LogP contribution in [-0.4, -0.2) is 6.04 Å². The largest absolute Gasteiger partial charge is 0.103 e. The topological polar surface area (TPSA) is 48.8 Å². The molecule has 1 rings (SSSR count). The molecule has 2 atom stereocenters. The second-order valence-electron chi connectivity index (χ2n) is 3.93. The molecule has 0 spiro atoms. The Morgan fingerprint density at radius 2 is 2.12 bits per heavy atom. The van der Waals surface area contributed by atoms with E-state index in [-0.39, 0.29) is 6.04 Å². The van der Waals surface area contributed by atoms with Gasteiger partial charge in [0.1, 0.15) is 0 Å². The Balaban J connectivity index is 2.64. The second kappa shape index (κ2) is 6.70. The Kier molecular flexibility index (Phi) is 5.17. The van der Waals surface area contributed by atoms with E-state index in [0.29, 0.717) is 5.92 Å². The number of hydrogen-bond donors (Lipinski definition) is 0. The van der Waals surface area contributed by atoms with Crippen LogP contribution in [0.5, 0.6) is 0 Å². The fraction of sp³-hybridized carbons (Fsp3) is 0.385. The molecule has 0 aliphatic heterocycles. The van der Waals surface area contributed by atoms with Crippen molar-refractivity contribution in [3.05, 3.63) is 59.0 Å². The van der Waals surface area contributed by atoms with Crippen molar-refractivity contribution in [1.29, 1.82) is 0 Å². The normalized spacial score (nSPS) is 13.6. The smallest absolute Gasteiger partial charge is 0.0414 e. The number of benzene rings is 1. The summed E-state index contributed by atoms with van der Waals surface area (Å²) in [5.41, 5.74) is 9.75. The van der Waals surface area contributed by atoms with Crippen molar-refractivity contribution in [1.82, 2.24) is 0 Å². The molecule has 0 aromatic heterocycles. The highest BCUT2D eigenvalue weighted by molar-refractivity contribution is 5.18. The molecule has 1 unspecified atom stereocenters. The summed E-state index contributed by atoms with van der Waals surface area (Å²) in [6.07, 6.45) is 3.40. The van der Waals surface area contributed by atoms with Gasteiger partial charge in [-0.25, -0.2) is 0 Å². The van der Waals surface area contributed by atoms with Gasteiger partial charge in [0.05, 0.1) is 0 Å². The lowest BCUT2D eigenvalue weighted by molar-refractivity contribution is 0.554. The third kappa shape index (κ3) is 3.79. The van der Waals surface area contributed by atoms with Crippen molar-refractivity contribution in [3.8, 4) is 0 Å². The summed E-state index contributed by atoms with van der Waals surface area (Å²) in [6, 6.07) is 10.3. The molecule has 0 saturated carbocycles. The van der Waals surface area contributed by atoms with E-state index in [1.807, 2.05) is 18.2 Å². The van der Waals surface area contributed by atoms with Crippen molar-refractivity contribution in [3.63, 3.8) is 0 Å². The summed E-state index contributed by atoms with van der Waals surface area (Å²) in [6.45, 7) is 5.83. The standard InChI is InChI=1S/C13H17N3/c1-3-7-13(15-16-14)10-11(2)12-8-5-4-6-9-12/h3-6,8-9,11,13H,1,7,10H2,2H3/t11-,13?/m1/s1. The first-order valence-corrected chi connectivity index (χ1v) is 5.48. The van der Waals surface area contributed by atoms with Crippen LogP contribution in [0.25, 0.3) is 10.4 Å². The predicted octanol–water partition coefficient (Wildman–Crippen LogP) is 4.44. The molecule has 0 saturated heterocycles. The zero-order valence-electron chi connectivity index (χ0n) is 9.58. The molecule has 84 valence electrons. The van der Waals surface area contributed by atoms with Crippen LogP contribution in [0.1, 0.15) is 31.2 Å². The molecule has 3 nitrogen and oxygen atoms in total. The van der Waals surface area contributed by atoms with Crippen LogP contribution in [0.2, 0.25) is 0 Å². The average molecular weight is 215 g/mol. The van der Waals surface area contributed by atoms with E-state index in [9.17, 15) is 0 Å². The van der Waals surface area contributed by atoms with Crippen LogP contribution in [0.3, 0.4) is 0 Å². The molecular weight excluding hydrogens is 198 g/mol. The lowest BCUT2D eigenvalue weighted by Gasteiger charge is -2.15. The molecule has 0 bridgehead atoms. The highest BCUT2D eigenvalue weighted by Gasteiger charge is 2.11. The number of hydrogen-bond acceptors (Lipinski definition) is 1. The van der Waals surface area contributed by atoms with Crippen LogP contribution in [0.4, 0.5) is 0 Å². The zero-order chi connectivity index (χ0) is 11.8. The summed E-state index contributed by atoms with van der Waals surface area (Å²) in [4.78, 5) is 2.88. The lowest BCUT2D eigenvalue weighted by atomic mass is 9.93. The van der Waals surface area contributed by atoms with E-state index in [2.05, 4.69) is 35.7 Å². The quantitative estimate of drug-likeness (QED) is 0.291. The van der Waals surface area contributed by atoms with Crippen LogP contribution in [0.15, 0.2) is 48.1 Å². The van der Waals surface area contributed by atoms with Crippen LogP contribution < -0.4 is 0 Å². The summed E-state index contributed by atoms with van der Waals surface area (Å²) in [7, 11) is 0. The SMILES string of the molecule is C=CCC(C[C@@H](C)c1ccccc1)N=[N+]=[N-]. The number of rotatable bonds is 6. The van der Waals surface area contributed by atoms with E-state index in [0.717, 1.165) is 12.8 Å². The summed E-state index contributed by atoms with van der Waals surface area (Å²) >= 11 is 0. The van der Waals surface area contributed by atoms with Gasteiger partial charge in [0.2, 0.25) is 0 Å². The van der Waals surface area contributed by atoms with Crippen LogP contribution in [0, 0.1) is 0 Å². The molecule has 0 fully saturated rings. The van der Waals surface area contributed by atoms with Crippen molar-refractivity contribution in [2.75, 3.05) is 0 Å². The Morgan fingerprint density at radius 1 is 1.44 bits per heavy atom. The Hall–Kier alpha value is -1.73. The van der Waals surface area contributed by atoms with Gasteiger partial charge in [0, 0.05) is 11.0 Å². The van der Waals surface area contributed by atoms with Crippen LogP contribution >= 0.6 is 0 Å². The predicted molar refractivity (Wildman–Crippen MR) is 67.2 cm³/mol. The molecule has 3 heteroatoms. The van der Waals surface area contributed by atoms with Gasteiger partial charge in [-0.15, -0.1) is 6.58 Å². The minimum Gasteiger partial charge on any atom is -0.103 e. The maximum absolute atomic E-state index is 8.47. The Morgan fingerprint density at radius 3 is 2.69 bits per heavy atom. The number of nitrogens with zero attached hydrogens (tertiary/aromatic N) is 3. The molecule has 16 heavy (non-hydrogen) atoms. The third-order valence-corrected chi connectivity index (χ3v) is 2.65. The molecule has 0 radical (unpaired) electrons. The summed E-state index contributed by atoms with van der Waals surface area (Å²) in [5, 5.41) is 3.79. The molecule has 0 aliphatic rings. The maximum Gasteiger partial charge on any atom is 0.0414 e. The van der Waals surface area contributed by atoms with Gasteiger partial charge < -0.3 is 0 Å². The summed E-state index contributed by atoms with van der Waals surface area (Å²) < 4.78 is 0. The fourth-order valence-corrected chi connectivity index (χ4v) is 1.78. The first-order chi connectivity index (χ1) is 7.77. The van der Waals surface area contributed by atoms with E-state index in [4.69, 9.17) is 5.53 Å². The highest BCUT2D eigenvalue weighted by Crippen LogP contribution is 2.23. The summed E-state index contributed by atoms with van der Waals surface area (Å²) in [5.74, 6) is 0.400. The molecule has 1 aromatic rings. The molecule has 0 N–H and O–H groups in total. The van der Waals surface area contributed by atoms with Gasteiger partial charge in [0.15, 0.2) is 0 Å². The van der Waals surface area contributed by atoms with Crippen molar-refractivity contribution in [2.45, 2.75) is 31.7 Å². The van der Waals surface area contributed by atoms with Gasteiger partial charge >= 0.3 is 0 Å². The van der Waals surface area contributed by atoms with Gasteiger partial charge in [-0.3, -0.25) is 0 Å². The highest BCUT2D eigenvalue weighted by atomic mass is 15.1. The minimum atomic E-state index is 0.0118. The molecular formula is C13H17N3. The molecule has 0 aliphatic carbocycles. The maximum atomic E-state index is 8.47. The molecule has 0 heterocycles. The van der Waals surface area contributed by atoms with Gasteiger partial charge in [-0.1, -0.05) is 48.4 Å². The van der Waals surface area contributed by atoms with Gasteiger partial charge in [-0.05, 0) is 29.9 Å². The van der Waals surface area contributed by atoms with Gasteiger partial charge in [-0.2, -0.15) is 0 Å². The van der Waals surface area contributed by atoms with E-state index in [1.165, 1.54) is 5.56 Å². The Bertz CT molecular complexity index is 366.